The van der Waals surface area contributed by atoms with Gasteiger partial charge in [-0.15, -0.1) is 0 Å². The standard InChI is InChI=1S/C26H25FN4O4/c1-16-12-17(2)24(18(3)13-16)30-23(32)15-35-22-11-7-4-8-19(22)14-28-31-26(34)25(33)29-21-10-6-5-9-20(21)27/h4-14H,15H2,1-3H3,(H,29,33)(H,30,32)(H,31,34)/b28-14-. The molecule has 0 aromatic heterocycles. The monoisotopic (exact) mass is 476 g/mol. The van der Waals surface area contributed by atoms with Crippen molar-refractivity contribution < 1.29 is 23.5 Å². The summed E-state index contributed by atoms with van der Waals surface area (Å²) < 4.78 is 19.3. The summed E-state index contributed by atoms with van der Waals surface area (Å²) in [5, 5.41) is 8.78. The first kappa shape index (κ1) is 25.1. The highest BCUT2D eigenvalue weighted by atomic mass is 19.1. The quantitative estimate of drug-likeness (QED) is 0.273. The lowest BCUT2D eigenvalue weighted by Crippen LogP contribution is -2.32. The van der Waals surface area contributed by atoms with Gasteiger partial charge in [0.1, 0.15) is 11.6 Å². The number of ether oxygens (including phenoxy) is 1. The number of carbonyl (C=O) groups is 3. The molecule has 0 aliphatic heterocycles. The molecule has 3 N–H and O–H groups in total. The Morgan fingerprint density at radius 1 is 0.914 bits per heavy atom. The van der Waals surface area contributed by atoms with E-state index in [0.29, 0.717) is 11.3 Å². The first-order chi connectivity index (χ1) is 16.7. The Kier molecular flexibility index (Phi) is 8.29. The SMILES string of the molecule is Cc1cc(C)c(NC(=O)COc2ccccc2/C=N\NC(=O)C(=O)Nc2ccccc2F)c(C)c1. The smallest absolute Gasteiger partial charge is 0.329 e. The molecule has 0 heterocycles. The number of nitrogens with one attached hydrogen (secondary N) is 3. The van der Waals surface area contributed by atoms with E-state index in [1.165, 1.54) is 24.4 Å². The average molecular weight is 477 g/mol. The summed E-state index contributed by atoms with van der Waals surface area (Å²) in [6.45, 7) is 5.60. The van der Waals surface area contributed by atoms with Crippen LogP contribution in [0.5, 0.6) is 5.75 Å². The average Bonchev–Trinajstić information content (AvgIpc) is 2.82. The van der Waals surface area contributed by atoms with Crippen LogP contribution in [-0.2, 0) is 14.4 Å². The van der Waals surface area contributed by atoms with E-state index in [0.717, 1.165) is 28.4 Å². The van der Waals surface area contributed by atoms with E-state index in [4.69, 9.17) is 4.74 Å². The van der Waals surface area contributed by atoms with Crippen LogP contribution in [-0.4, -0.2) is 30.5 Å². The maximum absolute atomic E-state index is 13.6. The van der Waals surface area contributed by atoms with E-state index in [1.807, 2.05) is 32.9 Å². The van der Waals surface area contributed by atoms with Crippen LogP contribution in [0.3, 0.4) is 0 Å². The normalized spacial score (nSPS) is 10.6. The minimum Gasteiger partial charge on any atom is -0.483 e. The van der Waals surface area contributed by atoms with Crippen molar-refractivity contribution in [2.24, 2.45) is 5.10 Å². The molecule has 0 saturated heterocycles. The number of amides is 3. The lowest BCUT2D eigenvalue weighted by Gasteiger charge is -2.14. The van der Waals surface area contributed by atoms with Gasteiger partial charge in [-0.05, 0) is 56.2 Å². The molecule has 3 aromatic carbocycles. The predicted molar refractivity (Wildman–Crippen MR) is 132 cm³/mol. The molecular weight excluding hydrogens is 451 g/mol. The van der Waals surface area contributed by atoms with Gasteiger partial charge in [-0.25, -0.2) is 9.82 Å². The molecule has 3 rings (SSSR count). The third kappa shape index (κ3) is 6.97. The fourth-order valence-electron chi connectivity index (χ4n) is 3.37. The van der Waals surface area contributed by atoms with Crippen LogP contribution in [0.1, 0.15) is 22.3 Å². The second kappa shape index (κ2) is 11.6. The molecule has 8 nitrogen and oxygen atoms in total. The second-order valence-electron chi connectivity index (χ2n) is 7.78. The number of halogens is 1. The van der Waals surface area contributed by atoms with E-state index in [9.17, 15) is 18.8 Å². The molecule has 0 atom stereocenters. The Labute approximate surface area is 202 Å². The summed E-state index contributed by atoms with van der Waals surface area (Å²) >= 11 is 0. The molecular formula is C26H25FN4O4. The van der Waals surface area contributed by atoms with E-state index in [1.54, 1.807) is 24.3 Å². The number of hydrazone groups is 1. The zero-order valence-electron chi connectivity index (χ0n) is 19.5. The summed E-state index contributed by atoms with van der Waals surface area (Å²) in [6, 6.07) is 16.2. The van der Waals surface area contributed by atoms with Gasteiger partial charge in [-0.3, -0.25) is 14.4 Å². The Morgan fingerprint density at radius 3 is 2.29 bits per heavy atom. The van der Waals surface area contributed by atoms with Crippen LogP contribution in [0.25, 0.3) is 0 Å². The van der Waals surface area contributed by atoms with Gasteiger partial charge in [0.15, 0.2) is 6.61 Å². The fourth-order valence-corrected chi connectivity index (χ4v) is 3.37. The van der Waals surface area contributed by atoms with Crippen molar-refractivity contribution in [3.05, 3.63) is 88.7 Å². The van der Waals surface area contributed by atoms with Gasteiger partial charge < -0.3 is 15.4 Å². The lowest BCUT2D eigenvalue weighted by atomic mass is 10.1. The lowest BCUT2D eigenvalue weighted by molar-refractivity contribution is -0.136. The molecule has 0 aliphatic rings. The number of para-hydroxylation sites is 2. The van der Waals surface area contributed by atoms with Gasteiger partial charge in [0.05, 0.1) is 11.9 Å². The van der Waals surface area contributed by atoms with Gasteiger partial charge in [0, 0.05) is 11.3 Å². The van der Waals surface area contributed by atoms with E-state index < -0.39 is 17.6 Å². The molecule has 35 heavy (non-hydrogen) atoms. The zero-order valence-corrected chi connectivity index (χ0v) is 19.5. The molecule has 0 aliphatic carbocycles. The Balaban J connectivity index is 1.57. The fraction of sp³-hybridized carbons (Fsp3) is 0.154. The second-order valence-corrected chi connectivity index (χ2v) is 7.78. The first-order valence-electron chi connectivity index (χ1n) is 10.7. The number of hydrogen-bond donors (Lipinski definition) is 3. The third-order valence-electron chi connectivity index (χ3n) is 4.92. The maximum atomic E-state index is 13.6. The number of hydrogen-bond acceptors (Lipinski definition) is 5. The summed E-state index contributed by atoms with van der Waals surface area (Å²) in [5.41, 5.74) is 6.19. The van der Waals surface area contributed by atoms with Gasteiger partial charge in [-0.2, -0.15) is 5.10 Å². The number of rotatable bonds is 7. The minimum atomic E-state index is -1.08. The highest BCUT2D eigenvalue weighted by molar-refractivity contribution is 6.39. The van der Waals surface area contributed by atoms with E-state index in [2.05, 4.69) is 21.2 Å². The third-order valence-corrected chi connectivity index (χ3v) is 4.92. The molecule has 9 heteroatoms. The Bertz CT molecular complexity index is 1270. The molecule has 0 radical (unpaired) electrons. The zero-order chi connectivity index (χ0) is 25.4. The first-order valence-corrected chi connectivity index (χ1v) is 10.7. The largest absolute Gasteiger partial charge is 0.483 e. The Hall–Kier alpha value is -4.53. The molecule has 0 fully saturated rings. The highest BCUT2D eigenvalue weighted by Crippen LogP contribution is 2.22. The molecule has 180 valence electrons. The summed E-state index contributed by atoms with van der Waals surface area (Å²) in [5.74, 6) is -2.79. The van der Waals surface area contributed by atoms with Crippen LogP contribution in [0.2, 0.25) is 0 Å². The molecule has 0 spiro atoms. The van der Waals surface area contributed by atoms with Crippen molar-refractivity contribution >= 4 is 35.3 Å². The number of benzene rings is 3. The number of carbonyl (C=O) groups excluding carboxylic acids is 3. The number of anilines is 2. The topological polar surface area (TPSA) is 109 Å². The minimum absolute atomic E-state index is 0.121. The van der Waals surface area contributed by atoms with Gasteiger partial charge in [0.25, 0.3) is 5.91 Å². The van der Waals surface area contributed by atoms with Crippen LogP contribution >= 0.6 is 0 Å². The van der Waals surface area contributed by atoms with Crippen molar-refractivity contribution in [1.29, 1.82) is 0 Å². The van der Waals surface area contributed by atoms with Gasteiger partial charge in [0.2, 0.25) is 0 Å². The van der Waals surface area contributed by atoms with Crippen molar-refractivity contribution in [1.82, 2.24) is 5.43 Å². The van der Waals surface area contributed by atoms with Crippen molar-refractivity contribution in [3.8, 4) is 5.75 Å². The summed E-state index contributed by atoms with van der Waals surface area (Å²) in [4.78, 5) is 36.3. The number of nitrogens with zero attached hydrogens (tertiary/aromatic N) is 1. The Morgan fingerprint density at radius 2 is 1.57 bits per heavy atom. The predicted octanol–water partition coefficient (Wildman–Crippen LogP) is 3.86. The summed E-state index contributed by atoms with van der Waals surface area (Å²) in [7, 11) is 0. The van der Waals surface area contributed by atoms with Crippen LogP contribution in [0.4, 0.5) is 15.8 Å². The van der Waals surface area contributed by atoms with Crippen molar-refractivity contribution in [2.75, 3.05) is 17.2 Å². The van der Waals surface area contributed by atoms with Crippen LogP contribution < -0.4 is 20.8 Å². The van der Waals surface area contributed by atoms with E-state index >= 15 is 0 Å². The van der Waals surface area contributed by atoms with Crippen LogP contribution in [0, 0.1) is 26.6 Å². The van der Waals surface area contributed by atoms with Gasteiger partial charge in [-0.1, -0.05) is 42.0 Å². The molecule has 0 bridgehead atoms. The maximum Gasteiger partial charge on any atom is 0.329 e. The molecule has 0 saturated carbocycles. The number of aryl methyl sites for hydroxylation is 3. The van der Waals surface area contributed by atoms with Crippen LogP contribution in [0.15, 0.2) is 65.8 Å². The molecule has 3 amide bonds. The molecule has 0 unspecified atom stereocenters. The molecule has 3 aromatic rings. The van der Waals surface area contributed by atoms with Crippen molar-refractivity contribution in [3.63, 3.8) is 0 Å². The summed E-state index contributed by atoms with van der Waals surface area (Å²) in [6.07, 6.45) is 1.27. The van der Waals surface area contributed by atoms with Gasteiger partial charge >= 0.3 is 11.8 Å². The van der Waals surface area contributed by atoms with E-state index in [-0.39, 0.29) is 18.2 Å². The van der Waals surface area contributed by atoms with Crippen molar-refractivity contribution in [2.45, 2.75) is 20.8 Å². The highest BCUT2D eigenvalue weighted by Gasteiger charge is 2.15.